The number of pyridine rings is 1. The molecule has 2 rings (SSSR count). The van der Waals surface area contributed by atoms with Gasteiger partial charge in [-0.3, -0.25) is 19.8 Å². The van der Waals surface area contributed by atoms with Crippen LogP contribution >= 0.6 is 0 Å². The lowest BCUT2D eigenvalue weighted by atomic mass is 10.1. The maximum Gasteiger partial charge on any atom is 0.243 e. The standard InChI is InChI=1S/C13H18N4O2/c1-3-14-12-10(5-4-6-15-12)7-17-8-11(18)16-13(19)9(17)2/h4-6,9H,3,7-8H2,1-2H3,(H,14,15)(H,16,18,19). The number of anilines is 1. The highest BCUT2D eigenvalue weighted by atomic mass is 16.2. The number of hydrogen-bond donors (Lipinski definition) is 2. The molecule has 0 aliphatic carbocycles. The Morgan fingerprint density at radius 3 is 3.05 bits per heavy atom. The number of hydrogen-bond acceptors (Lipinski definition) is 5. The summed E-state index contributed by atoms with van der Waals surface area (Å²) >= 11 is 0. The van der Waals surface area contributed by atoms with E-state index in [1.165, 1.54) is 0 Å². The highest BCUT2D eigenvalue weighted by Crippen LogP contribution is 2.16. The predicted octanol–water partition coefficient (Wildman–Crippen LogP) is 0.360. The van der Waals surface area contributed by atoms with Crippen LogP contribution in [0.1, 0.15) is 19.4 Å². The lowest BCUT2D eigenvalue weighted by Gasteiger charge is -2.31. The second kappa shape index (κ2) is 5.79. The molecule has 1 aromatic heterocycles. The predicted molar refractivity (Wildman–Crippen MR) is 71.4 cm³/mol. The summed E-state index contributed by atoms with van der Waals surface area (Å²) in [5.41, 5.74) is 0.985. The van der Waals surface area contributed by atoms with Crippen LogP contribution in [0.25, 0.3) is 0 Å². The van der Waals surface area contributed by atoms with E-state index in [0.29, 0.717) is 6.54 Å². The molecule has 1 unspecified atom stereocenters. The average molecular weight is 262 g/mol. The molecular formula is C13H18N4O2. The molecule has 1 aliphatic heterocycles. The van der Waals surface area contributed by atoms with Crippen LogP contribution in [0.5, 0.6) is 0 Å². The van der Waals surface area contributed by atoms with Gasteiger partial charge < -0.3 is 5.32 Å². The number of nitrogens with zero attached hydrogens (tertiary/aromatic N) is 2. The molecule has 6 nitrogen and oxygen atoms in total. The monoisotopic (exact) mass is 262 g/mol. The largest absolute Gasteiger partial charge is 0.370 e. The molecule has 0 saturated carbocycles. The van der Waals surface area contributed by atoms with E-state index in [1.807, 2.05) is 24.0 Å². The molecule has 1 saturated heterocycles. The van der Waals surface area contributed by atoms with E-state index in [4.69, 9.17) is 0 Å². The Morgan fingerprint density at radius 1 is 1.53 bits per heavy atom. The molecule has 1 atom stereocenters. The number of carbonyl (C=O) groups is 2. The van der Waals surface area contributed by atoms with Gasteiger partial charge in [0.1, 0.15) is 5.82 Å². The fourth-order valence-electron chi connectivity index (χ4n) is 2.07. The van der Waals surface area contributed by atoms with Gasteiger partial charge in [0.05, 0.1) is 12.6 Å². The zero-order valence-electron chi connectivity index (χ0n) is 11.1. The van der Waals surface area contributed by atoms with Crippen molar-refractivity contribution in [1.82, 2.24) is 15.2 Å². The molecule has 1 fully saturated rings. The minimum Gasteiger partial charge on any atom is -0.370 e. The first-order valence-electron chi connectivity index (χ1n) is 6.37. The molecule has 1 aromatic rings. The Hall–Kier alpha value is -1.95. The lowest BCUT2D eigenvalue weighted by molar-refractivity contribution is -0.139. The minimum atomic E-state index is -0.313. The topological polar surface area (TPSA) is 74.3 Å². The van der Waals surface area contributed by atoms with Crippen molar-refractivity contribution < 1.29 is 9.59 Å². The van der Waals surface area contributed by atoms with Crippen LogP contribution in [-0.2, 0) is 16.1 Å². The van der Waals surface area contributed by atoms with E-state index < -0.39 is 0 Å². The van der Waals surface area contributed by atoms with Gasteiger partial charge in [0.15, 0.2) is 0 Å². The van der Waals surface area contributed by atoms with Gasteiger partial charge in [0, 0.05) is 24.8 Å². The molecule has 2 heterocycles. The van der Waals surface area contributed by atoms with Crippen molar-refractivity contribution in [3.8, 4) is 0 Å². The Kier molecular flexibility index (Phi) is 4.11. The van der Waals surface area contributed by atoms with Crippen molar-refractivity contribution in [2.45, 2.75) is 26.4 Å². The smallest absolute Gasteiger partial charge is 0.243 e. The summed E-state index contributed by atoms with van der Waals surface area (Å²) in [7, 11) is 0. The molecule has 0 spiro atoms. The molecular weight excluding hydrogens is 244 g/mol. The first-order chi connectivity index (χ1) is 9.11. The second-order valence-corrected chi connectivity index (χ2v) is 4.53. The molecule has 19 heavy (non-hydrogen) atoms. The van der Waals surface area contributed by atoms with E-state index in [9.17, 15) is 9.59 Å². The Balaban J connectivity index is 2.15. The lowest BCUT2D eigenvalue weighted by Crippen LogP contribution is -2.56. The average Bonchev–Trinajstić information content (AvgIpc) is 2.38. The van der Waals surface area contributed by atoms with Gasteiger partial charge in [0.2, 0.25) is 11.8 Å². The molecule has 1 aliphatic rings. The summed E-state index contributed by atoms with van der Waals surface area (Å²) in [5, 5.41) is 5.51. The highest BCUT2D eigenvalue weighted by Gasteiger charge is 2.30. The van der Waals surface area contributed by atoms with Crippen LogP contribution in [0.4, 0.5) is 5.82 Å². The number of amides is 2. The third-order valence-electron chi connectivity index (χ3n) is 3.15. The van der Waals surface area contributed by atoms with Gasteiger partial charge in [-0.1, -0.05) is 6.07 Å². The normalized spacial score (nSPS) is 20.2. The molecule has 102 valence electrons. The van der Waals surface area contributed by atoms with Crippen molar-refractivity contribution in [3.05, 3.63) is 23.9 Å². The summed E-state index contributed by atoms with van der Waals surface area (Å²) < 4.78 is 0. The SMILES string of the molecule is CCNc1ncccc1CN1CC(=O)NC(=O)C1C. The highest BCUT2D eigenvalue weighted by molar-refractivity contribution is 6.00. The van der Waals surface area contributed by atoms with E-state index in [0.717, 1.165) is 17.9 Å². The Bertz CT molecular complexity index is 489. The van der Waals surface area contributed by atoms with E-state index in [2.05, 4.69) is 15.6 Å². The number of carbonyl (C=O) groups excluding carboxylic acids is 2. The quantitative estimate of drug-likeness (QED) is 0.766. The maximum atomic E-state index is 11.6. The molecule has 0 aromatic carbocycles. The molecule has 6 heteroatoms. The van der Waals surface area contributed by atoms with Crippen molar-refractivity contribution >= 4 is 17.6 Å². The number of rotatable bonds is 4. The van der Waals surface area contributed by atoms with Crippen LogP contribution in [0.15, 0.2) is 18.3 Å². The number of aromatic nitrogens is 1. The first-order valence-corrected chi connectivity index (χ1v) is 6.37. The van der Waals surface area contributed by atoms with Crippen molar-refractivity contribution in [3.63, 3.8) is 0 Å². The fraction of sp³-hybridized carbons (Fsp3) is 0.462. The first kappa shape index (κ1) is 13.5. The van der Waals surface area contributed by atoms with Crippen LogP contribution < -0.4 is 10.6 Å². The van der Waals surface area contributed by atoms with Crippen molar-refractivity contribution in [2.24, 2.45) is 0 Å². The zero-order chi connectivity index (χ0) is 13.8. The Labute approximate surface area is 112 Å². The van der Waals surface area contributed by atoms with Crippen LogP contribution in [0, 0.1) is 0 Å². The summed E-state index contributed by atoms with van der Waals surface area (Å²) in [4.78, 5) is 29.2. The van der Waals surface area contributed by atoms with Gasteiger partial charge in [-0.25, -0.2) is 4.98 Å². The number of piperazine rings is 1. The zero-order valence-corrected chi connectivity index (χ0v) is 11.1. The van der Waals surface area contributed by atoms with Crippen LogP contribution in [0.3, 0.4) is 0 Å². The number of imide groups is 1. The molecule has 2 amide bonds. The van der Waals surface area contributed by atoms with Gasteiger partial charge in [0.25, 0.3) is 0 Å². The second-order valence-electron chi connectivity index (χ2n) is 4.53. The summed E-state index contributed by atoms with van der Waals surface area (Å²) in [5.74, 6) is 0.303. The van der Waals surface area contributed by atoms with Crippen molar-refractivity contribution in [2.75, 3.05) is 18.4 Å². The van der Waals surface area contributed by atoms with Gasteiger partial charge in [-0.15, -0.1) is 0 Å². The summed E-state index contributed by atoms with van der Waals surface area (Å²) in [6, 6.07) is 3.49. The van der Waals surface area contributed by atoms with Crippen molar-refractivity contribution in [1.29, 1.82) is 0 Å². The van der Waals surface area contributed by atoms with Gasteiger partial charge in [-0.2, -0.15) is 0 Å². The molecule has 0 bridgehead atoms. The fourth-order valence-corrected chi connectivity index (χ4v) is 2.07. The summed E-state index contributed by atoms with van der Waals surface area (Å²) in [6.45, 7) is 5.33. The molecule has 2 N–H and O–H groups in total. The molecule has 0 radical (unpaired) electrons. The third kappa shape index (κ3) is 3.08. The van der Waals surface area contributed by atoms with Gasteiger partial charge in [-0.05, 0) is 19.9 Å². The Morgan fingerprint density at radius 2 is 2.32 bits per heavy atom. The summed E-state index contributed by atoms with van der Waals surface area (Å²) in [6.07, 6.45) is 1.72. The van der Waals surface area contributed by atoms with Crippen LogP contribution in [-0.4, -0.2) is 40.8 Å². The minimum absolute atomic E-state index is 0.230. The van der Waals surface area contributed by atoms with E-state index in [1.54, 1.807) is 13.1 Å². The number of nitrogens with one attached hydrogen (secondary N) is 2. The third-order valence-corrected chi connectivity index (χ3v) is 3.15. The van der Waals surface area contributed by atoms with E-state index >= 15 is 0 Å². The van der Waals surface area contributed by atoms with Crippen LogP contribution in [0.2, 0.25) is 0 Å². The van der Waals surface area contributed by atoms with E-state index in [-0.39, 0.29) is 24.4 Å². The maximum absolute atomic E-state index is 11.6. The van der Waals surface area contributed by atoms with Gasteiger partial charge >= 0.3 is 0 Å².